The van der Waals surface area contributed by atoms with Crippen LogP contribution in [0.2, 0.25) is 0 Å². The summed E-state index contributed by atoms with van der Waals surface area (Å²) in [5.74, 6) is 0. The van der Waals surface area contributed by atoms with E-state index in [1.54, 1.807) is 25.0 Å². The standard InChI is InChI=1S/C8H16N4O2/c1-12-8(5-10-11-12)7(9)6-14-4-3-13-2/h5,7H,3-4,6,9H2,1-2H3. The van der Waals surface area contributed by atoms with Crippen molar-refractivity contribution in [2.24, 2.45) is 12.8 Å². The molecule has 1 unspecified atom stereocenters. The Morgan fingerprint density at radius 1 is 1.57 bits per heavy atom. The fourth-order valence-corrected chi connectivity index (χ4v) is 1.07. The van der Waals surface area contributed by atoms with Crippen LogP contribution < -0.4 is 5.73 Å². The largest absolute Gasteiger partial charge is 0.382 e. The number of rotatable bonds is 6. The van der Waals surface area contributed by atoms with E-state index in [-0.39, 0.29) is 6.04 Å². The van der Waals surface area contributed by atoms with Gasteiger partial charge in [0.25, 0.3) is 0 Å². The van der Waals surface area contributed by atoms with Gasteiger partial charge >= 0.3 is 0 Å². The van der Waals surface area contributed by atoms with Crippen molar-refractivity contribution in [3.8, 4) is 0 Å². The summed E-state index contributed by atoms with van der Waals surface area (Å²) in [5.41, 5.74) is 6.72. The van der Waals surface area contributed by atoms with Gasteiger partial charge in [0.2, 0.25) is 0 Å². The van der Waals surface area contributed by atoms with Crippen molar-refractivity contribution in [1.29, 1.82) is 0 Å². The molecular weight excluding hydrogens is 184 g/mol. The van der Waals surface area contributed by atoms with E-state index in [0.717, 1.165) is 5.69 Å². The molecule has 6 heteroatoms. The molecule has 1 aromatic heterocycles. The van der Waals surface area contributed by atoms with Crippen LogP contribution in [0.25, 0.3) is 0 Å². The molecule has 0 fully saturated rings. The van der Waals surface area contributed by atoms with Gasteiger partial charge in [0.15, 0.2) is 0 Å². The molecule has 14 heavy (non-hydrogen) atoms. The third-order valence-corrected chi connectivity index (χ3v) is 1.86. The second-order valence-electron chi connectivity index (χ2n) is 2.96. The molecule has 0 bridgehead atoms. The summed E-state index contributed by atoms with van der Waals surface area (Å²) in [6.07, 6.45) is 1.64. The van der Waals surface area contributed by atoms with E-state index in [0.29, 0.717) is 19.8 Å². The second-order valence-corrected chi connectivity index (χ2v) is 2.96. The van der Waals surface area contributed by atoms with Gasteiger partial charge in [0, 0.05) is 14.2 Å². The molecular formula is C8H16N4O2. The lowest BCUT2D eigenvalue weighted by Gasteiger charge is -2.11. The molecule has 2 N–H and O–H groups in total. The fourth-order valence-electron chi connectivity index (χ4n) is 1.07. The molecule has 0 aromatic carbocycles. The van der Waals surface area contributed by atoms with Crippen LogP contribution in [0.1, 0.15) is 11.7 Å². The Kier molecular flexibility index (Phi) is 4.51. The maximum atomic E-state index is 5.86. The lowest BCUT2D eigenvalue weighted by atomic mass is 10.2. The van der Waals surface area contributed by atoms with Crippen LogP contribution in [0.4, 0.5) is 0 Å². The Hall–Kier alpha value is -0.980. The van der Waals surface area contributed by atoms with Crippen molar-refractivity contribution in [3.05, 3.63) is 11.9 Å². The third kappa shape index (κ3) is 3.06. The maximum Gasteiger partial charge on any atom is 0.0774 e. The second kappa shape index (κ2) is 5.69. The summed E-state index contributed by atoms with van der Waals surface area (Å²) >= 11 is 0. The summed E-state index contributed by atoms with van der Waals surface area (Å²) in [7, 11) is 3.44. The number of ether oxygens (including phenoxy) is 2. The van der Waals surface area contributed by atoms with Crippen LogP contribution in [-0.4, -0.2) is 41.9 Å². The monoisotopic (exact) mass is 200 g/mol. The van der Waals surface area contributed by atoms with E-state index in [1.165, 1.54) is 0 Å². The van der Waals surface area contributed by atoms with Crippen LogP contribution in [0.3, 0.4) is 0 Å². The Balaban J connectivity index is 2.28. The Morgan fingerprint density at radius 2 is 2.36 bits per heavy atom. The van der Waals surface area contributed by atoms with E-state index in [4.69, 9.17) is 15.2 Å². The minimum absolute atomic E-state index is 0.188. The van der Waals surface area contributed by atoms with Crippen LogP contribution in [0, 0.1) is 0 Å². The molecule has 6 nitrogen and oxygen atoms in total. The predicted octanol–water partition coefficient (Wildman–Crippen LogP) is -0.522. The number of aryl methyl sites for hydroxylation is 1. The molecule has 1 aromatic rings. The Bertz CT molecular complexity index is 264. The van der Waals surface area contributed by atoms with Crippen molar-refractivity contribution < 1.29 is 9.47 Å². The van der Waals surface area contributed by atoms with E-state index < -0.39 is 0 Å². The first-order valence-corrected chi connectivity index (χ1v) is 4.42. The predicted molar refractivity (Wildman–Crippen MR) is 50.6 cm³/mol. The Morgan fingerprint density at radius 3 is 2.93 bits per heavy atom. The first-order valence-electron chi connectivity index (χ1n) is 4.42. The zero-order chi connectivity index (χ0) is 10.4. The third-order valence-electron chi connectivity index (χ3n) is 1.86. The molecule has 1 rings (SSSR count). The van der Waals surface area contributed by atoms with Gasteiger partial charge in [0.05, 0.1) is 37.8 Å². The first-order chi connectivity index (χ1) is 6.75. The van der Waals surface area contributed by atoms with Gasteiger partial charge in [-0.3, -0.25) is 4.68 Å². The molecule has 80 valence electrons. The van der Waals surface area contributed by atoms with Crippen LogP contribution >= 0.6 is 0 Å². The summed E-state index contributed by atoms with van der Waals surface area (Å²) in [4.78, 5) is 0. The topological polar surface area (TPSA) is 75.2 Å². The molecule has 0 aliphatic rings. The number of nitrogens with zero attached hydrogens (tertiary/aromatic N) is 3. The summed E-state index contributed by atoms with van der Waals surface area (Å²) in [6.45, 7) is 1.58. The smallest absolute Gasteiger partial charge is 0.0774 e. The Labute approximate surface area is 83.0 Å². The highest BCUT2D eigenvalue weighted by Gasteiger charge is 2.10. The van der Waals surface area contributed by atoms with Crippen LogP contribution in [-0.2, 0) is 16.5 Å². The lowest BCUT2D eigenvalue weighted by molar-refractivity contribution is 0.0627. The van der Waals surface area contributed by atoms with Crippen molar-refractivity contribution in [3.63, 3.8) is 0 Å². The summed E-state index contributed by atoms with van der Waals surface area (Å²) in [6, 6.07) is -0.188. The lowest BCUT2D eigenvalue weighted by Crippen LogP contribution is -2.21. The fraction of sp³-hybridized carbons (Fsp3) is 0.750. The average molecular weight is 200 g/mol. The van der Waals surface area contributed by atoms with Crippen molar-refractivity contribution in [2.75, 3.05) is 26.9 Å². The van der Waals surface area contributed by atoms with Crippen molar-refractivity contribution in [2.45, 2.75) is 6.04 Å². The highest BCUT2D eigenvalue weighted by Crippen LogP contribution is 2.06. The van der Waals surface area contributed by atoms with E-state index in [1.807, 2.05) is 0 Å². The molecule has 0 aliphatic carbocycles. The van der Waals surface area contributed by atoms with Gasteiger partial charge in [-0.05, 0) is 0 Å². The van der Waals surface area contributed by atoms with Crippen molar-refractivity contribution in [1.82, 2.24) is 15.0 Å². The molecule has 0 aliphatic heterocycles. The van der Waals surface area contributed by atoms with E-state index in [2.05, 4.69) is 10.3 Å². The highest BCUT2D eigenvalue weighted by atomic mass is 16.5. The molecule has 1 heterocycles. The van der Waals surface area contributed by atoms with Gasteiger partial charge in [-0.2, -0.15) is 0 Å². The van der Waals surface area contributed by atoms with Gasteiger partial charge in [-0.15, -0.1) is 5.10 Å². The number of hydrogen-bond donors (Lipinski definition) is 1. The van der Waals surface area contributed by atoms with E-state index >= 15 is 0 Å². The van der Waals surface area contributed by atoms with Crippen molar-refractivity contribution >= 4 is 0 Å². The average Bonchev–Trinajstić information content (AvgIpc) is 2.59. The van der Waals surface area contributed by atoms with Gasteiger partial charge in [-0.25, -0.2) is 0 Å². The molecule has 0 spiro atoms. The number of methoxy groups -OCH3 is 1. The molecule has 1 atom stereocenters. The molecule has 0 radical (unpaired) electrons. The molecule has 0 saturated heterocycles. The minimum atomic E-state index is -0.188. The normalized spacial score (nSPS) is 13.1. The van der Waals surface area contributed by atoms with Crippen LogP contribution in [0.15, 0.2) is 6.20 Å². The minimum Gasteiger partial charge on any atom is -0.382 e. The molecule has 0 saturated carbocycles. The summed E-state index contributed by atoms with van der Waals surface area (Å²) < 4.78 is 11.8. The SMILES string of the molecule is COCCOCC(N)c1cnnn1C. The maximum absolute atomic E-state index is 5.86. The van der Waals surface area contributed by atoms with Crippen LogP contribution in [0.5, 0.6) is 0 Å². The summed E-state index contributed by atoms with van der Waals surface area (Å²) in [5, 5.41) is 7.53. The quantitative estimate of drug-likeness (QED) is 0.625. The number of hydrogen-bond acceptors (Lipinski definition) is 5. The molecule has 0 amide bonds. The zero-order valence-electron chi connectivity index (χ0n) is 8.51. The van der Waals surface area contributed by atoms with E-state index in [9.17, 15) is 0 Å². The van der Waals surface area contributed by atoms with Gasteiger partial charge in [0.1, 0.15) is 0 Å². The zero-order valence-corrected chi connectivity index (χ0v) is 8.51. The first kappa shape index (κ1) is 11.1. The highest BCUT2D eigenvalue weighted by molar-refractivity contribution is 5.00. The van der Waals surface area contributed by atoms with Gasteiger partial charge < -0.3 is 15.2 Å². The van der Waals surface area contributed by atoms with Gasteiger partial charge in [-0.1, -0.05) is 5.21 Å². The number of nitrogens with two attached hydrogens (primary N) is 1. The number of aromatic nitrogens is 3.